The molecular formula is C24H24BrF3N4O3S. The summed E-state index contributed by atoms with van der Waals surface area (Å²) >= 11 is 5.13. The van der Waals surface area contributed by atoms with E-state index < -0.39 is 18.2 Å². The number of fused-ring (bicyclic) bond motifs is 1. The monoisotopic (exact) mass is 584 g/mol. The number of halogens is 4. The van der Waals surface area contributed by atoms with Gasteiger partial charge in [-0.25, -0.2) is 4.98 Å². The summed E-state index contributed by atoms with van der Waals surface area (Å²) in [6.45, 7) is 3.21. The normalized spacial score (nSPS) is 19.2. The van der Waals surface area contributed by atoms with Crippen molar-refractivity contribution in [3.05, 3.63) is 67.3 Å². The number of benzene rings is 1. The first-order valence-corrected chi connectivity index (χ1v) is 13.2. The molecule has 2 aliphatic rings. The zero-order valence-electron chi connectivity index (χ0n) is 19.4. The van der Waals surface area contributed by atoms with E-state index in [0.717, 1.165) is 49.9 Å². The third-order valence-corrected chi connectivity index (χ3v) is 8.29. The Kier molecular flexibility index (Phi) is 7.21. The second-order valence-corrected chi connectivity index (χ2v) is 10.7. The highest BCUT2D eigenvalue weighted by molar-refractivity contribution is 9.10. The van der Waals surface area contributed by atoms with Gasteiger partial charge >= 0.3 is 6.18 Å². The van der Waals surface area contributed by atoms with Gasteiger partial charge in [-0.2, -0.15) is 18.3 Å². The molecule has 1 unspecified atom stereocenters. The van der Waals surface area contributed by atoms with Gasteiger partial charge in [0.15, 0.2) is 5.69 Å². The lowest BCUT2D eigenvalue weighted by atomic mass is 9.97. The molecule has 1 fully saturated rings. The van der Waals surface area contributed by atoms with Gasteiger partial charge in [0.1, 0.15) is 12.2 Å². The summed E-state index contributed by atoms with van der Waals surface area (Å²) < 4.78 is 52.8. The van der Waals surface area contributed by atoms with Crippen molar-refractivity contribution in [2.45, 2.75) is 57.9 Å². The molecule has 0 bridgehead atoms. The van der Waals surface area contributed by atoms with Crippen molar-refractivity contribution < 1.29 is 27.4 Å². The number of nitrogens with zero attached hydrogens (tertiary/aromatic N) is 4. The highest BCUT2D eigenvalue weighted by Gasteiger charge is 2.35. The highest BCUT2D eigenvalue weighted by atomic mass is 79.9. The zero-order valence-corrected chi connectivity index (χ0v) is 21.8. The first kappa shape index (κ1) is 25.4. The summed E-state index contributed by atoms with van der Waals surface area (Å²) in [4.78, 5) is 19.2. The molecule has 7 nitrogen and oxygen atoms in total. The Bertz CT molecular complexity index is 1250. The molecule has 5 rings (SSSR count). The Hall–Kier alpha value is -2.28. The zero-order chi connectivity index (χ0) is 25.4. The maximum atomic E-state index is 12.9. The fraction of sp³-hybridized carbons (Fsp3) is 0.458. The van der Waals surface area contributed by atoms with E-state index in [9.17, 15) is 18.0 Å². The van der Waals surface area contributed by atoms with Crippen LogP contribution in [-0.4, -0.2) is 38.7 Å². The molecule has 2 aliphatic heterocycles. The summed E-state index contributed by atoms with van der Waals surface area (Å²) in [5.74, 6) is -0.0348. The Balaban J connectivity index is 1.16. The van der Waals surface area contributed by atoms with E-state index >= 15 is 0 Å². The summed E-state index contributed by atoms with van der Waals surface area (Å²) in [6, 6.07) is 6.94. The van der Waals surface area contributed by atoms with E-state index in [4.69, 9.17) is 14.5 Å². The van der Waals surface area contributed by atoms with Crippen LogP contribution in [0.2, 0.25) is 0 Å². The van der Waals surface area contributed by atoms with Crippen LogP contribution in [0, 0.1) is 6.92 Å². The first-order chi connectivity index (χ1) is 17.2. The van der Waals surface area contributed by atoms with E-state index in [1.165, 1.54) is 6.92 Å². The van der Waals surface area contributed by atoms with Crippen molar-refractivity contribution in [1.82, 2.24) is 19.7 Å². The number of hydrogen-bond acceptors (Lipinski definition) is 6. The van der Waals surface area contributed by atoms with Gasteiger partial charge in [-0.3, -0.25) is 9.48 Å². The Morgan fingerprint density at radius 2 is 1.97 bits per heavy atom. The third kappa shape index (κ3) is 5.36. The molecule has 0 N–H and O–H groups in total. The second-order valence-electron chi connectivity index (χ2n) is 8.92. The smallest absolute Gasteiger partial charge is 0.342 e. The maximum Gasteiger partial charge on any atom is 0.435 e. The average molecular weight is 585 g/mol. The molecule has 36 heavy (non-hydrogen) atoms. The quantitative estimate of drug-likeness (QED) is 0.400. The van der Waals surface area contributed by atoms with Gasteiger partial charge in [0.05, 0.1) is 18.2 Å². The van der Waals surface area contributed by atoms with E-state index in [1.54, 1.807) is 16.2 Å². The van der Waals surface area contributed by atoms with Crippen LogP contribution in [-0.2, 0) is 40.2 Å². The molecule has 1 amide bonds. The topological polar surface area (TPSA) is 69.5 Å². The van der Waals surface area contributed by atoms with Crippen LogP contribution in [0.5, 0.6) is 0 Å². The van der Waals surface area contributed by atoms with Crippen LogP contribution in [0.15, 0.2) is 34.1 Å². The SMILES string of the molecule is Cc1cc(C(F)(F)F)nn1CC(=O)N1CCC(c2nc(C3OCc4cccc(Br)c4CO3)cs2)CC1. The van der Waals surface area contributed by atoms with Gasteiger partial charge in [0.25, 0.3) is 0 Å². The third-order valence-electron chi connectivity index (χ3n) is 6.52. The lowest BCUT2D eigenvalue weighted by Crippen LogP contribution is -2.40. The van der Waals surface area contributed by atoms with Crippen LogP contribution in [0.3, 0.4) is 0 Å². The fourth-order valence-corrected chi connectivity index (χ4v) is 5.97. The molecule has 0 saturated carbocycles. The van der Waals surface area contributed by atoms with Crippen molar-refractivity contribution in [3.63, 3.8) is 0 Å². The average Bonchev–Trinajstić information content (AvgIpc) is 3.41. The molecular weight excluding hydrogens is 561 g/mol. The molecule has 2 aromatic heterocycles. The molecule has 1 saturated heterocycles. The number of alkyl halides is 3. The highest BCUT2D eigenvalue weighted by Crippen LogP contribution is 2.35. The molecule has 192 valence electrons. The van der Waals surface area contributed by atoms with Gasteiger partial charge in [0.2, 0.25) is 12.2 Å². The predicted molar refractivity (Wildman–Crippen MR) is 129 cm³/mol. The Morgan fingerprint density at radius 1 is 1.22 bits per heavy atom. The molecule has 1 atom stereocenters. The minimum atomic E-state index is -4.53. The predicted octanol–water partition coefficient (Wildman–Crippen LogP) is 5.58. The van der Waals surface area contributed by atoms with Gasteiger partial charge in [-0.05, 0) is 43.0 Å². The summed E-state index contributed by atoms with van der Waals surface area (Å²) in [5, 5.41) is 6.50. The number of piperidine rings is 1. The van der Waals surface area contributed by atoms with Crippen molar-refractivity contribution in [2.24, 2.45) is 0 Å². The van der Waals surface area contributed by atoms with Crippen LogP contribution >= 0.6 is 27.3 Å². The summed E-state index contributed by atoms with van der Waals surface area (Å²) in [5.41, 5.74) is 2.22. The lowest BCUT2D eigenvalue weighted by molar-refractivity contribution is -0.155. The van der Waals surface area contributed by atoms with Crippen LogP contribution < -0.4 is 0 Å². The Morgan fingerprint density at radius 3 is 2.69 bits per heavy atom. The van der Waals surface area contributed by atoms with Gasteiger partial charge in [-0.15, -0.1) is 11.3 Å². The molecule has 0 aliphatic carbocycles. The first-order valence-electron chi connectivity index (χ1n) is 11.5. The van der Waals surface area contributed by atoms with E-state index in [1.807, 2.05) is 23.6 Å². The standard InChI is InChI=1S/C24H24BrF3N4O3S/c1-14-9-20(24(26,27)28)30-32(14)10-21(33)31-7-5-15(6-8-31)22-29-19(13-36-22)23-34-11-16-3-2-4-18(25)17(16)12-35-23/h2-4,9,13,15,23H,5-8,10-12H2,1H3. The molecule has 1 aromatic carbocycles. The van der Waals surface area contributed by atoms with E-state index in [0.29, 0.717) is 32.0 Å². The van der Waals surface area contributed by atoms with E-state index in [-0.39, 0.29) is 18.4 Å². The van der Waals surface area contributed by atoms with Crippen molar-refractivity contribution in [1.29, 1.82) is 0 Å². The van der Waals surface area contributed by atoms with Crippen molar-refractivity contribution >= 4 is 33.2 Å². The van der Waals surface area contributed by atoms with Gasteiger partial charge in [-0.1, -0.05) is 28.1 Å². The number of carbonyl (C=O) groups excluding carboxylic acids is 1. The van der Waals surface area contributed by atoms with E-state index in [2.05, 4.69) is 21.0 Å². The number of amides is 1. The summed E-state index contributed by atoms with van der Waals surface area (Å²) in [6.07, 6.45) is -3.61. The maximum absolute atomic E-state index is 12.9. The number of carbonyl (C=O) groups is 1. The van der Waals surface area contributed by atoms with Crippen LogP contribution in [0.25, 0.3) is 0 Å². The number of aryl methyl sites for hydroxylation is 1. The Labute approximate surface area is 218 Å². The minimum absolute atomic E-state index is 0.202. The van der Waals surface area contributed by atoms with Crippen molar-refractivity contribution in [2.75, 3.05) is 13.1 Å². The van der Waals surface area contributed by atoms with Crippen LogP contribution in [0.1, 0.15) is 58.3 Å². The van der Waals surface area contributed by atoms with Crippen molar-refractivity contribution in [3.8, 4) is 0 Å². The second kappa shape index (κ2) is 10.2. The number of likely N-dealkylation sites (tertiary alicyclic amines) is 1. The van der Waals surface area contributed by atoms with Gasteiger partial charge in [0, 0.05) is 34.6 Å². The molecule has 4 heterocycles. The molecule has 12 heteroatoms. The van der Waals surface area contributed by atoms with Crippen LogP contribution in [0.4, 0.5) is 13.2 Å². The van der Waals surface area contributed by atoms with Gasteiger partial charge < -0.3 is 14.4 Å². The number of aromatic nitrogens is 3. The number of hydrogen-bond donors (Lipinski definition) is 0. The minimum Gasteiger partial charge on any atom is -0.342 e. The number of rotatable bonds is 4. The largest absolute Gasteiger partial charge is 0.435 e. The molecule has 3 aromatic rings. The molecule has 0 spiro atoms. The summed E-state index contributed by atoms with van der Waals surface area (Å²) in [7, 11) is 0. The lowest BCUT2D eigenvalue weighted by Gasteiger charge is -2.31. The number of thiazole rings is 1. The number of ether oxygens (including phenoxy) is 2. The fourth-order valence-electron chi connectivity index (χ4n) is 4.45. The molecule has 0 radical (unpaired) electrons.